The second kappa shape index (κ2) is 5.75. The second-order valence-electron chi connectivity index (χ2n) is 1.50. The highest BCUT2D eigenvalue weighted by atomic mass is 32.2. The van der Waals surface area contributed by atoms with Crippen molar-refractivity contribution in [1.82, 2.24) is 5.32 Å². The van der Waals surface area contributed by atoms with E-state index in [0.717, 1.165) is 0 Å². The van der Waals surface area contributed by atoms with Gasteiger partial charge in [0.05, 0.1) is 0 Å². The first-order chi connectivity index (χ1) is 4.31. The van der Waals surface area contributed by atoms with Crippen LogP contribution < -0.4 is 5.32 Å². The Morgan fingerprint density at radius 3 is 2.78 bits per heavy atom. The molecule has 0 rings (SSSR count). The lowest BCUT2D eigenvalue weighted by Crippen LogP contribution is -2.18. The van der Waals surface area contributed by atoms with Crippen molar-refractivity contribution in [3.8, 4) is 0 Å². The normalized spacial score (nSPS) is 12.6. The maximum Gasteiger partial charge on any atom is 0.207 e. The molecule has 0 heterocycles. The average molecular weight is 149 g/mol. The van der Waals surface area contributed by atoms with E-state index in [1.807, 2.05) is 6.92 Å². The third kappa shape index (κ3) is 5.49. The zero-order chi connectivity index (χ0) is 7.11. The highest BCUT2D eigenvalue weighted by molar-refractivity contribution is 7.84. The fourth-order valence-electron chi connectivity index (χ4n) is 0.376. The van der Waals surface area contributed by atoms with Crippen LogP contribution in [0.4, 0.5) is 0 Å². The molecule has 0 aromatic heterocycles. The van der Waals surface area contributed by atoms with Crippen LogP contribution in [0.1, 0.15) is 6.92 Å². The van der Waals surface area contributed by atoms with Crippen LogP contribution in [0.5, 0.6) is 0 Å². The van der Waals surface area contributed by atoms with Gasteiger partial charge in [-0.05, 0) is 0 Å². The van der Waals surface area contributed by atoms with E-state index >= 15 is 0 Å². The largest absolute Gasteiger partial charge is 0.358 e. The van der Waals surface area contributed by atoms with Gasteiger partial charge in [-0.15, -0.1) is 0 Å². The highest BCUT2D eigenvalue weighted by Crippen LogP contribution is 1.77. The van der Waals surface area contributed by atoms with Crippen LogP contribution >= 0.6 is 0 Å². The minimum atomic E-state index is -0.750. The van der Waals surface area contributed by atoms with E-state index in [2.05, 4.69) is 5.32 Å². The Morgan fingerprint density at radius 1 is 1.67 bits per heavy atom. The van der Waals surface area contributed by atoms with Crippen LogP contribution in [0.25, 0.3) is 0 Å². The molecule has 0 fully saturated rings. The van der Waals surface area contributed by atoms with Crippen LogP contribution in [0, 0.1) is 0 Å². The van der Waals surface area contributed by atoms with E-state index in [0.29, 0.717) is 24.5 Å². The summed E-state index contributed by atoms with van der Waals surface area (Å²) in [7, 11) is -0.750. The van der Waals surface area contributed by atoms with Crippen molar-refractivity contribution in [1.29, 1.82) is 0 Å². The van der Waals surface area contributed by atoms with Gasteiger partial charge in [0.2, 0.25) is 6.41 Å². The monoisotopic (exact) mass is 149 g/mol. The number of amides is 1. The summed E-state index contributed by atoms with van der Waals surface area (Å²) in [5.74, 6) is 1.23. The summed E-state index contributed by atoms with van der Waals surface area (Å²) in [6.45, 7) is 2.38. The molecule has 0 spiro atoms. The summed E-state index contributed by atoms with van der Waals surface area (Å²) in [5, 5.41) is 2.44. The molecule has 0 aromatic carbocycles. The van der Waals surface area contributed by atoms with E-state index in [1.165, 1.54) is 0 Å². The molecule has 1 unspecified atom stereocenters. The molecule has 1 N–H and O–H groups in total. The topological polar surface area (TPSA) is 46.2 Å². The van der Waals surface area contributed by atoms with E-state index in [1.54, 1.807) is 0 Å². The Bertz CT molecular complexity index is 105. The number of nitrogens with one attached hydrogen (secondary N) is 1. The Balaban J connectivity index is 3.06. The van der Waals surface area contributed by atoms with Gasteiger partial charge in [-0.1, -0.05) is 6.92 Å². The first-order valence-electron chi connectivity index (χ1n) is 2.83. The van der Waals surface area contributed by atoms with Crippen LogP contribution in [0.2, 0.25) is 0 Å². The maximum atomic E-state index is 10.6. The van der Waals surface area contributed by atoms with Gasteiger partial charge >= 0.3 is 0 Å². The van der Waals surface area contributed by atoms with Gasteiger partial charge in [0, 0.05) is 28.9 Å². The van der Waals surface area contributed by atoms with Crippen molar-refractivity contribution in [2.75, 3.05) is 18.1 Å². The molecule has 0 saturated carbocycles. The molecule has 0 aliphatic heterocycles. The van der Waals surface area contributed by atoms with Gasteiger partial charge in [0.1, 0.15) is 0 Å². The SMILES string of the molecule is CCS(=O)CCNC=O. The number of carbonyl (C=O) groups excluding carboxylic acids is 1. The smallest absolute Gasteiger partial charge is 0.207 e. The summed E-state index contributed by atoms with van der Waals surface area (Å²) in [5.41, 5.74) is 0. The Morgan fingerprint density at radius 2 is 2.33 bits per heavy atom. The summed E-state index contributed by atoms with van der Waals surface area (Å²) < 4.78 is 10.6. The van der Waals surface area contributed by atoms with Gasteiger partial charge in [-0.2, -0.15) is 0 Å². The number of carbonyl (C=O) groups is 1. The highest BCUT2D eigenvalue weighted by Gasteiger charge is 1.91. The fourth-order valence-corrected chi connectivity index (χ4v) is 1.01. The molecule has 0 bridgehead atoms. The average Bonchev–Trinajstić information content (AvgIpc) is 1.89. The minimum absolute atomic E-state index is 0.518. The summed E-state index contributed by atoms with van der Waals surface area (Å²) >= 11 is 0. The molecule has 54 valence electrons. The molecule has 3 nitrogen and oxygen atoms in total. The zero-order valence-corrected chi connectivity index (χ0v) is 6.24. The lowest BCUT2D eigenvalue weighted by atomic mass is 10.8. The standard InChI is InChI=1S/C5H11NO2S/c1-2-9(8)4-3-6-5-7/h5H,2-4H2,1H3,(H,6,7). The quantitative estimate of drug-likeness (QED) is 0.423. The van der Waals surface area contributed by atoms with Gasteiger partial charge in [-0.25, -0.2) is 0 Å². The predicted molar refractivity (Wildman–Crippen MR) is 37.6 cm³/mol. The molecular formula is C5H11NO2S. The number of hydrogen-bond acceptors (Lipinski definition) is 2. The predicted octanol–water partition coefficient (Wildman–Crippen LogP) is -0.499. The van der Waals surface area contributed by atoms with E-state index in [-0.39, 0.29) is 0 Å². The summed E-state index contributed by atoms with van der Waals surface area (Å²) in [6.07, 6.45) is 0.618. The van der Waals surface area contributed by atoms with E-state index in [9.17, 15) is 9.00 Å². The van der Waals surface area contributed by atoms with Crippen LogP contribution in [-0.4, -0.2) is 28.7 Å². The van der Waals surface area contributed by atoms with Crippen molar-refractivity contribution >= 4 is 17.2 Å². The van der Waals surface area contributed by atoms with Crippen molar-refractivity contribution in [2.45, 2.75) is 6.92 Å². The Kier molecular flexibility index (Phi) is 5.51. The van der Waals surface area contributed by atoms with Gasteiger partial charge in [0.25, 0.3) is 0 Å². The van der Waals surface area contributed by atoms with E-state index < -0.39 is 10.8 Å². The molecule has 4 heteroatoms. The van der Waals surface area contributed by atoms with Crippen molar-refractivity contribution < 1.29 is 9.00 Å². The van der Waals surface area contributed by atoms with Gasteiger partial charge in [0.15, 0.2) is 0 Å². The molecular weight excluding hydrogens is 138 g/mol. The molecule has 1 atom stereocenters. The third-order valence-corrected chi connectivity index (χ3v) is 2.18. The van der Waals surface area contributed by atoms with Crippen molar-refractivity contribution in [3.63, 3.8) is 0 Å². The van der Waals surface area contributed by atoms with Crippen molar-refractivity contribution in [2.24, 2.45) is 0 Å². The number of rotatable bonds is 5. The second-order valence-corrected chi connectivity index (χ2v) is 3.37. The Labute approximate surface area is 57.3 Å². The number of hydrogen-bond donors (Lipinski definition) is 1. The van der Waals surface area contributed by atoms with Gasteiger partial charge in [-0.3, -0.25) is 9.00 Å². The van der Waals surface area contributed by atoms with Gasteiger partial charge < -0.3 is 5.32 Å². The first kappa shape index (κ1) is 8.62. The zero-order valence-electron chi connectivity index (χ0n) is 5.42. The lowest BCUT2D eigenvalue weighted by Gasteiger charge is -1.95. The molecule has 1 amide bonds. The first-order valence-corrected chi connectivity index (χ1v) is 4.32. The van der Waals surface area contributed by atoms with Crippen LogP contribution in [-0.2, 0) is 15.6 Å². The maximum absolute atomic E-state index is 10.6. The van der Waals surface area contributed by atoms with Crippen molar-refractivity contribution in [3.05, 3.63) is 0 Å². The minimum Gasteiger partial charge on any atom is -0.358 e. The van der Waals surface area contributed by atoms with Crippen LogP contribution in [0.15, 0.2) is 0 Å². The third-order valence-electron chi connectivity index (χ3n) is 0.879. The van der Waals surface area contributed by atoms with E-state index in [4.69, 9.17) is 0 Å². The Hall–Kier alpha value is -0.380. The molecule has 0 aromatic rings. The van der Waals surface area contributed by atoms with Crippen LogP contribution in [0.3, 0.4) is 0 Å². The lowest BCUT2D eigenvalue weighted by molar-refractivity contribution is -0.109. The molecule has 0 radical (unpaired) electrons. The molecule has 0 saturated heterocycles. The molecule has 9 heavy (non-hydrogen) atoms. The fraction of sp³-hybridized carbons (Fsp3) is 0.800. The molecule has 0 aliphatic rings. The summed E-state index contributed by atoms with van der Waals surface area (Å²) in [4.78, 5) is 9.66. The molecule has 0 aliphatic carbocycles. The summed E-state index contributed by atoms with van der Waals surface area (Å²) in [6, 6.07) is 0.